The molecule has 1 N–H and O–H groups in total. The Kier molecular flexibility index (Phi) is 5.76. The third-order valence-corrected chi connectivity index (χ3v) is 3.28. The molecular formula is C18H22FNO. The summed E-state index contributed by atoms with van der Waals surface area (Å²) < 4.78 is 18.8. The van der Waals surface area contributed by atoms with Crippen LogP contribution in [0.3, 0.4) is 0 Å². The molecule has 1 unspecified atom stereocenters. The van der Waals surface area contributed by atoms with Crippen LogP contribution in [0.2, 0.25) is 0 Å². The van der Waals surface area contributed by atoms with Crippen LogP contribution >= 0.6 is 0 Å². The van der Waals surface area contributed by atoms with Gasteiger partial charge in [0.1, 0.15) is 18.2 Å². The molecule has 0 aliphatic carbocycles. The Hall–Kier alpha value is -1.87. The summed E-state index contributed by atoms with van der Waals surface area (Å²) in [6.07, 6.45) is 0.808. The summed E-state index contributed by atoms with van der Waals surface area (Å²) in [7, 11) is 0. The van der Waals surface area contributed by atoms with Gasteiger partial charge in [-0.05, 0) is 55.7 Å². The van der Waals surface area contributed by atoms with Crippen molar-refractivity contribution in [3.63, 3.8) is 0 Å². The molecule has 1 atom stereocenters. The molecule has 112 valence electrons. The van der Waals surface area contributed by atoms with Gasteiger partial charge in [-0.25, -0.2) is 4.39 Å². The van der Waals surface area contributed by atoms with Crippen LogP contribution in [0, 0.1) is 12.7 Å². The smallest absolute Gasteiger partial charge is 0.123 e. The first-order valence-corrected chi connectivity index (χ1v) is 7.31. The van der Waals surface area contributed by atoms with Crippen molar-refractivity contribution in [2.45, 2.75) is 26.3 Å². The number of hydrogen-bond acceptors (Lipinski definition) is 2. The average Bonchev–Trinajstić information content (AvgIpc) is 2.44. The largest absolute Gasteiger partial charge is 0.492 e. The van der Waals surface area contributed by atoms with E-state index in [2.05, 4.69) is 12.2 Å². The quantitative estimate of drug-likeness (QED) is 0.783. The number of nitrogens with one attached hydrogen (secondary N) is 1. The third kappa shape index (κ3) is 5.56. The van der Waals surface area contributed by atoms with E-state index in [9.17, 15) is 4.39 Å². The lowest BCUT2D eigenvalue weighted by Crippen LogP contribution is -2.31. The number of benzene rings is 2. The monoisotopic (exact) mass is 287 g/mol. The molecule has 2 aromatic carbocycles. The highest BCUT2D eigenvalue weighted by Gasteiger charge is 2.04. The minimum absolute atomic E-state index is 0.178. The minimum Gasteiger partial charge on any atom is -0.492 e. The van der Waals surface area contributed by atoms with E-state index in [0.717, 1.165) is 24.3 Å². The number of hydrogen-bond donors (Lipinski definition) is 1. The van der Waals surface area contributed by atoms with Crippen molar-refractivity contribution in [3.05, 3.63) is 65.5 Å². The highest BCUT2D eigenvalue weighted by atomic mass is 19.1. The van der Waals surface area contributed by atoms with Gasteiger partial charge >= 0.3 is 0 Å². The van der Waals surface area contributed by atoms with Crippen LogP contribution in [0.4, 0.5) is 4.39 Å². The van der Waals surface area contributed by atoms with Crippen molar-refractivity contribution >= 4 is 0 Å². The van der Waals surface area contributed by atoms with Gasteiger partial charge in [-0.1, -0.05) is 24.3 Å². The van der Waals surface area contributed by atoms with Gasteiger partial charge in [-0.15, -0.1) is 0 Å². The summed E-state index contributed by atoms with van der Waals surface area (Å²) in [5.74, 6) is 0.720. The zero-order valence-corrected chi connectivity index (χ0v) is 12.6. The van der Waals surface area contributed by atoms with Gasteiger partial charge in [0, 0.05) is 12.6 Å². The van der Waals surface area contributed by atoms with Crippen LogP contribution in [-0.2, 0) is 6.42 Å². The van der Waals surface area contributed by atoms with Crippen LogP contribution in [0.25, 0.3) is 0 Å². The van der Waals surface area contributed by atoms with Gasteiger partial charge in [0.25, 0.3) is 0 Å². The van der Waals surface area contributed by atoms with Crippen molar-refractivity contribution in [2.24, 2.45) is 0 Å². The van der Waals surface area contributed by atoms with E-state index in [-0.39, 0.29) is 11.9 Å². The second kappa shape index (κ2) is 7.79. The molecule has 0 aliphatic rings. The zero-order valence-electron chi connectivity index (χ0n) is 12.6. The molecule has 0 heterocycles. The van der Waals surface area contributed by atoms with Gasteiger partial charge in [-0.3, -0.25) is 0 Å². The summed E-state index contributed by atoms with van der Waals surface area (Å²) in [6.45, 7) is 5.53. The van der Waals surface area contributed by atoms with Crippen molar-refractivity contribution < 1.29 is 9.13 Å². The van der Waals surface area contributed by atoms with E-state index in [1.807, 2.05) is 37.3 Å². The Bertz CT molecular complexity index is 571. The van der Waals surface area contributed by atoms with Crippen LogP contribution < -0.4 is 10.1 Å². The molecule has 0 aromatic heterocycles. The second-order valence-electron chi connectivity index (χ2n) is 5.35. The fourth-order valence-corrected chi connectivity index (χ4v) is 2.27. The molecule has 0 radical (unpaired) electrons. The molecule has 0 fully saturated rings. The molecule has 0 saturated heterocycles. The lowest BCUT2D eigenvalue weighted by molar-refractivity contribution is 0.306. The van der Waals surface area contributed by atoms with E-state index >= 15 is 0 Å². The van der Waals surface area contributed by atoms with Crippen molar-refractivity contribution in [1.82, 2.24) is 5.32 Å². The molecule has 21 heavy (non-hydrogen) atoms. The highest BCUT2D eigenvalue weighted by Crippen LogP contribution is 2.12. The normalized spacial score (nSPS) is 12.1. The number of aryl methyl sites for hydroxylation is 1. The van der Waals surface area contributed by atoms with Crippen molar-refractivity contribution in [1.29, 1.82) is 0 Å². The lowest BCUT2D eigenvalue weighted by Gasteiger charge is -2.14. The van der Waals surface area contributed by atoms with Gasteiger partial charge in [0.05, 0.1) is 0 Å². The minimum atomic E-state index is -0.178. The number of rotatable bonds is 7. The molecule has 2 rings (SSSR count). The van der Waals surface area contributed by atoms with Crippen molar-refractivity contribution in [2.75, 3.05) is 13.2 Å². The molecule has 0 amide bonds. The van der Waals surface area contributed by atoms with Crippen LogP contribution in [0.15, 0.2) is 48.5 Å². The van der Waals surface area contributed by atoms with Crippen molar-refractivity contribution in [3.8, 4) is 5.75 Å². The van der Waals surface area contributed by atoms with E-state index in [4.69, 9.17) is 4.74 Å². The Morgan fingerprint density at radius 1 is 1.14 bits per heavy atom. The maximum Gasteiger partial charge on any atom is 0.123 e. The molecule has 0 spiro atoms. The van der Waals surface area contributed by atoms with Gasteiger partial charge in [0.15, 0.2) is 0 Å². The predicted molar refractivity (Wildman–Crippen MR) is 84.2 cm³/mol. The Morgan fingerprint density at radius 2 is 1.95 bits per heavy atom. The SMILES string of the molecule is Cc1cccc(OCCNC(C)Cc2cccc(F)c2)c1. The Balaban J connectivity index is 1.68. The number of halogens is 1. The van der Waals surface area contributed by atoms with E-state index < -0.39 is 0 Å². The maximum atomic E-state index is 13.1. The van der Waals surface area contributed by atoms with Gasteiger partial charge in [-0.2, -0.15) is 0 Å². The van der Waals surface area contributed by atoms with Crippen LogP contribution in [0.1, 0.15) is 18.1 Å². The second-order valence-corrected chi connectivity index (χ2v) is 5.35. The molecule has 0 saturated carbocycles. The van der Waals surface area contributed by atoms with Crippen LogP contribution in [0.5, 0.6) is 5.75 Å². The van der Waals surface area contributed by atoms with E-state index in [1.54, 1.807) is 12.1 Å². The maximum absolute atomic E-state index is 13.1. The molecule has 0 bridgehead atoms. The molecular weight excluding hydrogens is 265 g/mol. The van der Waals surface area contributed by atoms with E-state index in [0.29, 0.717) is 6.61 Å². The van der Waals surface area contributed by atoms with Crippen LogP contribution in [-0.4, -0.2) is 19.2 Å². The number of ether oxygens (including phenoxy) is 1. The Labute approximate surface area is 126 Å². The molecule has 0 aliphatic heterocycles. The summed E-state index contributed by atoms with van der Waals surface area (Å²) >= 11 is 0. The highest BCUT2D eigenvalue weighted by molar-refractivity contribution is 5.27. The Morgan fingerprint density at radius 3 is 2.71 bits per heavy atom. The lowest BCUT2D eigenvalue weighted by atomic mass is 10.1. The van der Waals surface area contributed by atoms with Gasteiger partial charge < -0.3 is 10.1 Å². The standard InChI is InChI=1S/C18H22FNO/c1-14-5-3-8-18(11-14)21-10-9-20-15(2)12-16-6-4-7-17(19)13-16/h3-8,11,13,15,20H,9-10,12H2,1-2H3. The van der Waals surface area contributed by atoms with E-state index in [1.165, 1.54) is 11.6 Å². The average molecular weight is 287 g/mol. The molecule has 2 nitrogen and oxygen atoms in total. The summed E-state index contributed by atoms with van der Waals surface area (Å²) in [4.78, 5) is 0. The predicted octanol–water partition coefficient (Wildman–Crippen LogP) is 3.73. The first-order valence-electron chi connectivity index (χ1n) is 7.31. The fraction of sp³-hybridized carbons (Fsp3) is 0.333. The first kappa shape index (κ1) is 15.5. The fourth-order valence-electron chi connectivity index (χ4n) is 2.27. The summed E-state index contributed by atoms with van der Waals surface area (Å²) in [5.41, 5.74) is 2.20. The molecule has 3 heteroatoms. The molecule has 2 aromatic rings. The third-order valence-electron chi connectivity index (χ3n) is 3.28. The van der Waals surface area contributed by atoms with Gasteiger partial charge in [0.2, 0.25) is 0 Å². The first-order chi connectivity index (χ1) is 10.1. The summed E-state index contributed by atoms with van der Waals surface area (Å²) in [6, 6.07) is 15.1. The summed E-state index contributed by atoms with van der Waals surface area (Å²) in [5, 5.41) is 3.39. The topological polar surface area (TPSA) is 21.3 Å². The zero-order chi connectivity index (χ0) is 15.1.